The highest BCUT2D eigenvalue weighted by Crippen LogP contribution is 2.42. The molecule has 0 spiro atoms. The number of ether oxygens (including phenoxy) is 3. The third-order valence-electron chi connectivity index (χ3n) is 9.53. The first-order valence-corrected chi connectivity index (χ1v) is 20.4. The molecule has 2 aliphatic heterocycles. The fraction of sp³-hybridized carbons (Fsp3) is 0.220. The molecule has 0 aliphatic carbocycles. The standard InChI is InChI=1S/C22H18Cl3FN2O3.C19H14Cl3FN2O3/c1-2-9-30-19-10-13(23)5-6-17(19)31-18-11-14(16(26)12-15(18)24)20-21(25)27-7-3-4-8-28(27)22(20)29;20-10-3-4-15(14(26)7-10)28-16-8-11(13(23)9-12(16)21)17-18(22)24-5-1-2-6-25(24)19(17)27/h2,5-6,10-12H,1,3-4,7-9H2;3-4,7-9,26H,1-2,5-6H2. The summed E-state index contributed by atoms with van der Waals surface area (Å²) in [5.41, 5.74) is -0.571. The average Bonchev–Trinajstić information content (AvgIpc) is 3.61. The number of nitrogens with zero attached hydrogens (tertiary/aromatic N) is 4. The minimum atomic E-state index is -0.694. The second-order valence-electron chi connectivity index (χ2n) is 13.4. The van der Waals surface area contributed by atoms with Crippen LogP contribution in [0.4, 0.5) is 8.78 Å². The highest BCUT2D eigenvalue weighted by molar-refractivity contribution is 6.34. The molecule has 6 aromatic rings. The number of aromatic nitrogens is 4. The van der Waals surface area contributed by atoms with Crippen molar-refractivity contribution < 1.29 is 28.1 Å². The van der Waals surface area contributed by atoms with Gasteiger partial charge in [-0.2, -0.15) is 0 Å². The number of fused-ring (bicyclic) bond motifs is 2. The summed E-state index contributed by atoms with van der Waals surface area (Å²) in [6.07, 6.45) is 5.08. The van der Waals surface area contributed by atoms with Crippen molar-refractivity contribution in [2.45, 2.75) is 51.9 Å². The molecule has 4 aromatic carbocycles. The first kappa shape index (κ1) is 42.6. The summed E-state index contributed by atoms with van der Waals surface area (Å²) >= 11 is 37.1. The molecular weight excluding hydrogens is 895 g/mol. The average molecular weight is 927 g/mol. The predicted molar refractivity (Wildman–Crippen MR) is 227 cm³/mol. The third-order valence-corrected chi connectivity index (χ3v) is 11.4. The minimum Gasteiger partial charge on any atom is -0.504 e. The lowest BCUT2D eigenvalue weighted by atomic mass is 10.1. The third kappa shape index (κ3) is 8.71. The number of benzene rings is 4. The van der Waals surface area contributed by atoms with E-state index < -0.39 is 11.6 Å². The van der Waals surface area contributed by atoms with Gasteiger partial charge in [0.1, 0.15) is 40.0 Å². The lowest BCUT2D eigenvalue weighted by molar-refractivity contribution is 0.340. The summed E-state index contributed by atoms with van der Waals surface area (Å²) in [6, 6.07) is 13.9. The molecule has 0 saturated carbocycles. The molecule has 0 atom stereocenters. The van der Waals surface area contributed by atoms with Gasteiger partial charge in [0.15, 0.2) is 23.0 Å². The largest absolute Gasteiger partial charge is 0.504 e. The summed E-state index contributed by atoms with van der Waals surface area (Å²) < 4.78 is 53.1. The van der Waals surface area contributed by atoms with Crippen LogP contribution in [0, 0.1) is 11.6 Å². The lowest BCUT2D eigenvalue weighted by Crippen LogP contribution is -2.27. The van der Waals surface area contributed by atoms with Gasteiger partial charge in [0.25, 0.3) is 11.1 Å². The second-order valence-corrected chi connectivity index (χ2v) is 15.8. The molecule has 18 heteroatoms. The molecule has 0 fully saturated rings. The van der Waals surface area contributed by atoms with Gasteiger partial charge >= 0.3 is 0 Å². The zero-order valence-electron chi connectivity index (χ0n) is 30.7. The number of phenolic OH excluding ortho intramolecular Hbond substituents is 1. The van der Waals surface area contributed by atoms with E-state index in [0.717, 1.165) is 37.8 Å². The zero-order chi connectivity index (χ0) is 42.1. The molecule has 0 amide bonds. The summed E-state index contributed by atoms with van der Waals surface area (Å²) in [7, 11) is 0. The monoisotopic (exact) mass is 924 g/mol. The highest BCUT2D eigenvalue weighted by Gasteiger charge is 2.27. The number of hydrogen-bond acceptors (Lipinski definition) is 6. The molecule has 0 unspecified atom stereocenters. The highest BCUT2D eigenvalue weighted by atomic mass is 35.5. The van der Waals surface area contributed by atoms with E-state index in [9.17, 15) is 23.5 Å². The quantitative estimate of drug-likeness (QED) is 0.145. The van der Waals surface area contributed by atoms with Crippen LogP contribution in [0.3, 0.4) is 0 Å². The zero-order valence-corrected chi connectivity index (χ0v) is 35.3. The number of aromatic hydroxyl groups is 1. The Kier molecular flexibility index (Phi) is 13.0. The molecule has 8 rings (SSSR count). The van der Waals surface area contributed by atoms with E-state index >= 15 is 0 Å². The second kappa shape index (κ2) is 18.0. The van der Waals surface area contributed by atoms with Gasteiger partial charge in [0.2, 0.25) is 0 Å². The van der Waals surface area contributed by atoms with Crippen molar-refractivity contribution in [2.75, 3.05) is 6.61 Å². The topological polar surface area (TPSA) is 102 Å². The van der Waals surface area contributed by atoms with Gasteiger partial charge in [0, 0.05) is 59.5 Å². The van der Waals surface area contributed by atoms with Gasteiger partial charge in [-0.25, -0.2) is 18.1 Å². The normalized spacial score (nSPS) is 13.2. The molecule has 0 saturated heterocycles. The summed E-state index contributed by atoms with van der Waals surface area (Å²) in [5, 5.41) is 11.1. The fourth-order valence-electron chi connectivity index (χ4n) is 6.74. The molecule has 2 aliphatic rings. The molecule has 1 N–H and O–H groups in total. The number of hydrogen-bond donors (Lipinski definition) is 1. The predicted octanol–water partition coefficient (Wildman–Crippen LogP) is 12.3. The first-order chi connectivity index (χ1) is 28.3. The van der Waals surface area contributed by atoms with Gasteiger partial charge in [0.05, 0.1) is 21.2 Å². The van der Waals surface area contributed by atoms with Gasteiger partial charge in [-0.3, -0.25) is 19.0 Å². The van der Waals surface area contributed by atoms with E-state index in [1.54, 1.807) is 33.6 Å². The van der Waals surface area contributed by atoms with E-state index in [1.807, 2.05) is 0 Å². The fourth-order valence-corrected chi connectivity index (χ4v) is 8.17. The van der Waals surface area contributed by atoms with Crippen LogP contribution in [-0.2, 0) is 26.2 Å². The lowest BCUT2D eigenvalue weighted by Gasteiger charge is -2.17. The Bertz CT molecular complexity index is 2730. The Morgan fingerprint density at radius 3 is 1.49 bits per heavy atom. The maximum Gasteiger partial charge on any atom is 0.276 e. The molecule has 0 radical (unpaired) electrons. The van der Waals surface area contributed by atoms with Gasteiger partial charge in [-0.15, -0.1) is 0 Å². The van der Waals surface area contributed by atoms with Crippen LogP contribution in [0.2, 0.25) is 30.4 Å². The molecule has 4 heterocycles. The summed E-state index contributed by atoms with van der Waals surface area (Å²) in [4.78, 5) is 25.7. The van der Waals surface area contributed by atoms with Gasteiger partial charge in [-0.05, 0) is 74.2 Å². The Labute approximate surface area is 365 Å². The number of halogens is 8. The first-order valence-electron chi connectivity index (χ1n) is 18.1. The Balaban J connectivity index is 0.000000180. The van der Waals surface area contributed by atoms with Crippen LogP contribution in [0.1, 0.15) is 25.7 Å². The Morgan fingerprint density at radius 1 is 0.593 bits per heavy atom. The van der Waals surface area contributed by atoms with E-state index in [4.69, 9.17) is 83.8 Å². The molecule has 308 valence electrons. The number of rotatable bonds is 9. The van der Waals surface area contributed by atoms with Crippen molar-refractivity contribution in [2.24, 2.45) is 0 Å². The van der Waals surface area contributed by atoms with E-state index in [0.29, 0.717) is 47.7 Å². The van der Waals surface area contributed by atoms with E-state index in [-0.39, 0.29) is 83.3 Å². The van der Waals surface area contributed by atoms with E-state index in [2.05, 4.69) is 6.58 Å². The smallest absolute Gasteiger partial charge is 0.276 e. The number of phenols is 1. The van der Waals surface area contributed by atoms with Crippen molar-refractivity contribution in [3.8, 4) is 56.8 Å². The van der Waals surface area contributed by atoms with Crippen LogP contribution >= 0.6 is 69.6 Å². The molecule has 59 heavy (non-hydrogen) atoms. The Hall–Kier alpha value is -4.56. The molecule has 2 aromatic heterocycles. The van der Waals surface area contributed by atoms with Crippen LogP contribution < -0.4 is 25.3 Å². The van der Waals surface area contributed by atoms with Crippen molar-refractivity contribution in [3.63, 3.8) is 0 Å². The van der Waals surface area contributed by atoms with Gasteiger partial charge < -0.3 is 19.3 Å². The summed E-state index contributed by atoms with van der Waals surface area (Å²) in [5.74, 6) is -0.570. The van der Waals surface area contributed by atoms with Crippen LogP contribution in [0.15, 0.2) is 82.9 Å². The molecule has 10 nitrogen and oxygen atoms in total. The van der Waals surface area contributed by atoms with Crippen molar-refractivity contribution in [1.82, 2.24) is 18.7 Å². The maximum absolute atomic E-state index is 14.9. The minimum absolute atomic E-state index is 0.0164. The Morgan fingerprint density at radius 2 is 1.03 bits per heavy atom. The van der Waals surface area contributed by atoms with Crippen LogP contribution in [-0.4, -0.2) is 30.4 Å². The van der Waals surface area contributed by atoms with E-state index in [1.165, 1.54) is 39.7 Å². The summed E-state index contributed by atoms with van der Waals surface area (Å²) in [6.45, 7) is 6.10. The van der Waals surface area contributed by atoms with Crippen molar-refractivity contribution in [1.29, 1.82) is 0 Å². The SMILES string of the molecule is C=CCOc1cc(Cl)ccc1Oc1cc(-c2c(Cl)n3n(c2=O)CCCC3)c(F)cc1Cl.O=c1c(-c2cc(Oc3ccc(Cl)cc3O)c(Cl)cc2F)c(Cl)n2n1CCCC2. The van der Waals surface area contributed by atoms with Gasteiger partial charge in [-0.1, -0.05) is 82.3 Å². The molecule has 0 bridgehead atoms. The van der Waals surface area contributed by atoms with Crippen LogP contribution in [0.5, 0.6) is 34.5 Å². The van der Waals surface area contributed by atoms with Crippen LogP contribution in [0.25, 0.3) is 22.3 Å². The molecular formula is C41H32Cl6F2N4O6. The van der Waals surface area contributed by atoms with Crippen molar-refractivity contribution in [3.05, 3.63) is 136 Å². The maximum atomic E-state index is 14.9. The van der Waals surface area contributed by atoms with Crippen molar-refractivity contribution >= 4 is 69.6 Å².